The van der Waals surface area contributed by atoms with Crippen molar-refractivity contribution in [2.24, 2.45) is 0 Å². The molecule has 0 aliphatic carbocycles. The molecule has 1 unspecified atom stereocenters. The summed E-state index contributed by atoms with van der Waals surface area (Å²) in [6.45, 7) is 11.4. The Morgan fingerprint density at radius 3 is 2.32 bits per heavy atom. The first-order valence-corrected chi connectivity index (χ1v) is 8.07. The van der Waals surface area contributed by atoms with Crippen LogP contribution in [-0.4, -0.2) is 60.5 Å². The highest BCUT2D eigenvalue weighted by molar-refractivity contribution is 5.34. The molecule has 22 heavy (non-hydrogen) atoms. The number of likely N-dealkylation sites (N-methyl/N-ethyl adjacent to an activating group) is 1. The fourth-order valence-electron chi connectivity index (χ4n) is 3.05. The summed E-state index contributed by atoms with van der Waals surface area (Å²) in [5, 5.41) is 14.2. The zero-order valence-electron chi connectivity index (χ0n) is 13.5. The summed E-state index contributed by atoms with van der Waals surface area (Å²) in [5.41, 5.74) is 1.32. The number of nitro groups is 1. The molecule has 0 bridgehead atoms. The highest BCUT2D eigenvalue weighted by Gasteiger charge is 2.22. The minimum atomic E-state index is -0.341. The number of hydrogen-bond donors (Lipinski definition) is 1. The third kappa shape index (κ3) is 4.25. The average molecular weight is 306 g/mol. The molecule has 1 aromatic rings. The number of nitrogens with one attached hydrogen (secondary N) is 1. The number of benzene rings is 1. The molecule has 1 aromatic carbocycles. The van der Waals surface area contributed by atoms with Gasteiger partial charge in [-0.05, 0) is 18.7 Å². The Morgan fingerprint density at radius 2 is 1.82 bits per heavy atom. The van der Waals surface area contributed by atoms with Crippen LogP contribution in [0.2, 0.25) is 0 Å². The topological polar surface area (TPSA) is 61.6 Å². The highest BCUT2D eigenvalue weighted by Crippen LogP contribution is 2.24. The van der Waals surface area contributed by atoms with E-state index in [0.29, 0.717) is 0 Å². The Kier molecular flexibility index (Phi) is 6.30. The van der Waals surface area contributed by atoms with Gasteiger partial charge in [0.2, 0.25) is 0 Å². The standard InChI is InChI=1S/C16H26N4O2/c1-3-19(4-2)16(13-18-11-9-17-10-12-18)14-5-7-15(8-6-14)20(21)22/h5-8,16-17H,3-4,9-13H2,1-2H3. The smallest absolute Gasteiger partial charge is 0.269 e. The number of nitrogens with zero attached hydrogens (tertiary/aromatic N) is 3. The maximum Gasteiger partial charge on any atom is 0.269 e. The summed E-state index contributed by atoms with van der Waals surface area (Å²) in [6.07, 6.45) is 0. The Labute approximate surface area is 132 Å². The van der Waals surface area contributed by atoms with Crippen molar-refractivity contribution < 1.29 is 4.92 Å². The van der Waals surface area contributed by atoms with Crippen LogP contribution in [0, 0.1) is 10.1 Å². The Hall–Kier alpha value is -1.50. The monoisotopic (exact) mass is 306 g/mol. The summed E-state index contributed by atoms with van der Waals surface area (Å²) in [4.78, 5) is 15.4. The van der Waals surface area contributed by atoms with Gasteiger partial charge in [-0.1, -0.05) is 26.0 Å². The van der Waals surface area contributed by atoms with Crippen LogP contribution in [0.4, 0.5) is 5.69 Å². The zero-order chi connectivity index (χ0) is 15.9. The maximum absolute atomic E-state index is 10.8. The largest absolute Gasteiger partial charge is 0.314 e. The van der Waals surface area contributed by atoms with Gasteiger partial charge in [0.15, 0.2) is 0 Å². The molecule has 0 spiro atoms. The van der Waals surface area contributed by atoms with Gasteiger partial charge in [-0.3, -0.25) is 19.9 Å². The lowest BCUT2D eigenvalue weighted by molar-refractivity contribution is -0.384. The van der Waals surface area contributed by atoms with Crippen molar-refractivity contribution in [3.05, 3.63) is 39.9 Å². The SMILES string of the molecule is CCN(CC)C(CN1CCNCC1)c1ccc([N+](=O)[O-])cc1. The van der Waals surface area contributed by atoms with Crippen LogP contribution in [0.5, 0.6) is 0 Å². The predicted molar refractivity (Wildman–Crippen MR) is 88.1 cm³/mol. The number of piperazine rings is 1. The van der Waals surface area contributed by atoms with Crippen LogP contribution in [-0.2, 0) is 0 Å². The van der Waals surface area contributed by atoms with Crippen LogP contribution in [0.1, 0.15) is 25.5 Å². The lowest BCUT2D eigenvalue weighted by atomic mass is 10.0. The summed E-state index contributed by atoms with van der Waals surface area (Å²) in [6, 6.07) is 7.33. The van der Waals surface area contributed by atoms with E-state index in [1.54, 1.807) is 12.1 Å². The minimum Gasteiger partial charge on any atom is -0.314 e. The molecule has 0 aromatic heterocycles. The molecular weight excluding hydrogens is 280 g/mol. The number of hydrogen-bond acceptors (Lipinski definition) is 5. The average Bonchev–Trinajstić information content (AvgIpc) is 2.56. The molecule has 6 heteroatoms. The van der Waals surface area contributed by atoms with E-state index >= 15 is 0 Å². The molecule has 1 heterocycles. The summed E-state index contributed by atoms with van der Waals surface area (Å²) in [7, 11) is 0. The molecule has 0 saturated carbocycles. The second kappa shape index (κ2) is 8.22. The molecular formula is C16H26N4O2. The van der Waals surface area contributed by atoms with Gasteiger partial charge in [-0.2, -0.15) is 0 Å². The highest BCUT2D eigenvalue weighted by atomic mass is 16.6. The molecule has 1 atom stereocenters. The Bertz CT molecular complexity index is 468. The van der Waals surface area contributed by atoms with E-state index in [1.807, 2.05) is 12.1 Å². The summed E-state index contributed by atoms with van der Waals surface area (Å²) in [5.74, 6) is 0. The molecule has 122 valence electrons. The van der Waals surface area contributed by atoms with E-state index in [0.717, 1.165) is 51.4 Å². The molecule has 2 rings (SSSR count). The van der Waals surface area contributed by atoms with E-state index in [2.05, 4.69) is 29.0 Å². The maximum atomic E-state index is 10.8. The van der Waals surface area contributed by atoms with Crippen molar-refractivity contribution in [2.45, 2.75) is 19.9 Å². The molecule has 0 radical (unpaired) electrons. The van der Waals surface area contributed by atoms with Crippen molar-refractivity contribution in [1.82, 2.24) is 15.1 Å². The summed E-state index contributed by atoms with van der Waals surface area (Å²) < 4.78 is 0. The van der Waals surface area contributed by atoms with Crippen molar-refractivity contribution >= 4 is 5.69 Å². The van der Waals surface area contributed by atoms with Crippen LogP contribution < -0.4 is 5.32 Å². The quantitative estimate of drug-likeness (QED) is 0.615. The van der Waals surface area contributed by atoms with Crippen LogP contribution in [0.3, 0.4) is 0 Å². The lowest BCUT2D eigenvalue weighted by Gasteiger charge is -2.36. The number of non-ortho nitro benzene ring substituents is 1. The van der Waals surface area contributed by atoms with Gasteiger partial charge in [0.25, 0.3) is 5.69 Å². The first-order chi connectivity index (χ1) is 10.7. The second-order valence-corrected chi connectivity index (χ2v) is 5.64. The lowest BCUT2D eigenvalue weighted by Crippen LogP contribution is -2.47. The molecule has 0 amide bonds. The Balaban J connectivity index is 2.16. The molecule has 1 aliphatic rings. The molecule has 1 aliphatic heterocycles. The number of nitro benzene ring substituents is 1. The zero-order valence-corrected chi connectivity index (χ0v) is 13.5. The minimum absolute atomic E-state index is 0.157. The van der Waals surface area contributed by atoms with Gasteiger partial charge >= 0.3 is 0 Å². The molecule has 6 nitrogen and oxygen atoms in total. The van der Waals surface area contributed by atoms with Crippen LogP contribution in [0.25, 0.3) is 0 Å². The summed E-state index contributed by atoms with van der Waals surface area (Å²) >= 11 is 0. The van der Waals surface area contributed by atoms with Gasteiger partial charge in [0.05, 0.1) is 4.92 Å². The fourth-order valence-corrected chi connectivity index (χ4v) is 3.05. The van der Waals surface area contributed by atoms with Crippen LogP contribution in [0.15, 0.2) is 24.3 Å². The van der Waals surface area contributed by atoms with Crippen molar-refractivity contribution in [2.75, 3.05) is 45.8 Å². The first kappa shape index (κ1) is 16.9. The van der Waals surface area contributed by atoms with E-state index in [1.165, 1.54) is 0 Å². The van der Waals surface area contributed by atoms with Gasteiger partial charge in [-0.15, -0.1) is 0 Å². The molecule has 1 saturated heterocycles. The van der Waals surface area contributed by atoms with E-state index < -0.39 is 0 Å². The van der Waals surface area contributed by atoms with E-state index in [-0.39, 0.29) is 16.7 Å². The van der Waals surface area contributed by atoms with Crippen molar-refractivity contribution in [3.8, 4) is 0 Å². The Morgan fingerprint density at radius 1 is 1.23 bits per heavy atom. The third-order valence-electron chi connectivity index (χ3n) is 4.38. The van der Waals surface area contributed by atoms with Gasteiger partial charge in [0.1, 0.15) is 0 Å². The molecule has 1 N–H and O–H groups in total. The van der Waals surface area contributed by atoms with E-state index in [4.69, 9.17) is 0 Å². The van der Waals surface area contributed by atoms with Crippen LogP contribution >= 0.6 is 0 Å². The normalized spacial score (nSPS) is 17.6. The fraction of sp³-hybridized carbons (Fsp3) is 0.625. The van der Waals surface area contributed by atoms with Crippen molar-refractivity contribution in [3.63, 3.8) is 0 Å². The van der Waals surface area contributed by atoms with E-state index in [9.17, 15) is 10.1 Å². The predicted octanol–water partition coefficient (Wildman–Crippen LogP) is 1.88. The third-order valence-corrected chi connectivity index (χ3v) is 4.38. The van der Waals surface area contributed by atoms with Gasteiger partial charge in [-0.25, -0.2) is 0 Å². The second-order valence-electron chi connectivity index (χ2n) is 5.64. The van der Waals surface area contributed by atoms with Gasteiger partial charge < -0.3 is 5.32 Å². The number of rotatable bonds is 7. The van der Waals surface area contributed by atoms with Crippen molar-refractivity contribution in [1.29, 1.82) is 0 Å². The van der Waals surface area contributed by atoms with Gasteiger partial charge in [0, 0.05) is 50.9 Å². The molecule has 1 fully saturated rings. The first-order valence-electron chi connectivity index (χ1n) is 8.07.